The van der Waals surface area contributed by atoms with Crippen molar-refractivity contribution in [3.05, 3.63) is 59.9 Å². The highest BCUT2D eigenvalue weighted by Crippen LogP contribution is 2.31. The van der Waals surface area contributed by atoms with Crippen LogP contribution in [0.25, 0.3) is 11.0 Å². The molecule has 1 unspecified atom stereocenters. The molecule has 1 aliphatic heterocycles. The molecule has 0 spiro atoms. The monoisotopic (exact) mass is 403 g/mol. The summed E-state index contributed by atoms with van der Waals surface area (Å²) in [5.74, 6) is 0.0740. The van der Waals surface area contributed by atoms with Gasteiger partial charge in [-0.05, 0) is 31.4 Å². The van der Waals surface area contributed by atoms with Crippen LogP contribution in [0, 0.1) is 0 Å². The Hall–Kier alpha value is -2.73. The van der Waals surface area contributed by atoms with Crippen LogP contribution in [0.3, 0.4) is 0 Å². The Bertz CT molecular complexity index is 1020. The van der Waals surface area contributed by atoms with Gasteiger partial charge in [-0.15, -0.1) is 0 Å². The van der Waals surface area contributed by atoms with E-state index in [0.717, 1.165) is 37.2 Å². The smallest absolute Gasteiger partial charge is 0.255 e. The molecule has 0 N–H and O–H groups in total. The first-order chi connectivity index (χ1) is 14.7. The second-order valence-corrected chi connectivity index (χ2v) is 8.73. The van der Waals surface area contributed by atoms with Gasteiger partial charge in [-0.3, -0.25) is 9.69 Å². The molecule has 2 fully saturated rings. The number of piperazine rings is 1. The number of pyridine rings is 1. The third-order valence-corrected chi connectivity index (χ3v) is 6.57. The van der Waals surface area contributed by atoms with E-state index in [-0.39, 0.29) is 11.9 Å². The van der Waals surface area contributed by atoms with E-state index in [0.29, 0.717) is 11.6 Å². The van der Waals surface area contributed by atoms with E-state index in [1.54, 1.807) is 6.20 Å². The van der Waals surface area contributed by atoms with Crippen LogP contribution in [0.5, 0.6) is 0 Å². The molecular formula is C24H29N5O. The van der Waals surface area contributed by atoms with Crippen molar-refractivity contribution >= 4 is 16.9 Å². The highest BCUT2D eigenvalue weighted by atomic mass is 16.2. The van der Waals surface area contributed by atoms with Gasteiger partial charge in [-0.1, -0.05) is 43.2 Å². The summed E-state index contributed by atoms with van der Waals surface area (Å²) in [5, 5.41) is 5.54. The van der Waals surface area contributed by atoms with Gasteiger partial charge in [0.05, 0.1) is 17.8 Å². The van der Waals surface area contributed by atoms with Crippen molar-refractivity contribution in [3.8, 4) is 0 Å². The molecule has 3 heterocycles. The summed E-state index contributed by atoms with van der Waals surface area (Å²) in [6.07, 6.45) is 8.46. The van der Waals surface area contributed by atoms with E-state index in [9.17, 15) is 4.79 Å². The molecule has 1 saturated heterocycles. The number of hydrogen-bond donors (Lipinski definition) is 0. The minimum Gasteiger partial charge on any atom is -0.333 e. The predicted octanol–water partition coefficient (Wildman–Crippen LogP) is 3.89. The average molecular weight is 404 g/mol. The van der Waals surface area contributed by atoms with Crippen LogP contribution >= 0.6 is 0 Å². The van der Waals surface area contributed by atoms with Crippen molar-refractivity contribution in [3.63, 3.8) is 0 Å². The lowest BCUT2D eigenvalue weighted by atomic mass is 10.1. The Balaban J connectivity index is 1.28. The molecule has 156 valence electrons. The van der Waals surface area contributed by atoms with Gasteiger partial charge in [0.15, 0.2) is 5.65 Å². The molecule has 1 aromatic carbocycles. The number of carbonyl (C=O) groups is 1. The zero-order chi connectivity index (χ0) is 20.5. The van der Waals surface area contributed by atoms with Crippen molar-refractivity contribution in [1.82, 2.24) is 24.6 Å². The summed E-state index contributed by atoms with van der Waals surface area (Å²) in [7, 11) is 0. The number of fused-ring (bicyclic) bond motifs is 1. The highest BCUT2D eigenvalue weighted by molar-refractivity contribution is 5.97. The Labute approximate surface area is 177 Å². The van der Waals surface area contributed by atoms with Crippen LogP contribution in [-0.4, -0.2) is 56.1 Å². The number of rotatable bonds is 4. The third-order valence-electron chi connectivity index (χ3n) is 6.57. The standard InChI is InChI=1S/C24H29N5O/c1-18-16-27(17-19-7-3-2-4-8-19)11-12-28(18)24(30)21-13-20-15-26-29(23(20)25-14-21)22-9-5-6-10-22/h2-4,7-8,13-15,18,22H,5-6,9-12,16-17H2,1H3. The molecule has 2 aliphatic rings. The average Bonchev–Trinajstić information content (AvgIpc) is 3.43. The van der Waals surface area contributed by atoms with E-state index in [1.165, 1.54) is 31.2 Å². The van der Waals surface area contributed by atoms with E-state index in [1.807, 2.05) is 23.2 Å². The number of hydrogen-bond acceptors (Lipinski definition) is 4. The molecule has 3 aromatic rings. The lowest BCUT2D eigenvalue weighted by Gasteiger charge is -2.40. The number of benzene rings is 1. The molecule has 30 heavy (non-hydrogen) atoms. The van der Waals surface area contributed by atoms with Gasteiger partial charge in [0, 0.05) is 43.8 Å². The third kappa shape index (κ3) is 3.72. The van der Waals surface area contributed by atoms with Crippen molar-refractivity contribution in [2.75, 3.05) is 19.6 Å². The highest BCUT2D eigenvalue weighted by Gasteiger charge is 2.29. The van der Waals surface area contributed by atoms with Crippen LogP contribution < -0.4 is 0 Å². The minimum absolute atomic E-state index is 0.0740. The van der Waals surface area contributed by atoms with Crippen LogP contribution in [0.1, 0.15) is 54.6 Å². The maximum Gasteiger partial charge on any atom is 0.255 e. The number of carbonyl (C=O) groups excluding carboxylic acids is 1. The summed E-state index contributed by atoms with van der Waals surface area (Å²) in [6, 6.07) is 13.1. The first kappa shape index (κ1) is 19.2. The first-order valence-electron chi connectivity index (χ1n) is 11.1. The Morgan fingerprint density at radius 2 is 1.90 bits per heavy atom. The van der Waals surface area contributed by atoms with Gasteiger partial charge < -0.3 is 4.90 Å². The molecular weight excluding hydrogens is 374 g/mol. The van der Waals surface area contributed by atoms with Gasteiger partial charge >= 0.3 is 0 Å². The quantitative estimate of drug-likeness (QED) is 0.663. The Morgan fingerprint density at radius 1 is 1.10 bits per heavy atom. The number of nitrogens with zero attached hydrogens (tertiary/aromatic N) is 5. The van der Waals surface area contributed by atoms with Crippen molar-refractivity contribution in [1.29, 1.82) is 0 Å². The zero-order valence-electron chi connectivity index (χ0n) is 17.6. The Morgan fingerprint density at radius 3 is 2.67 bits per heavy atom. The Kier molecular flexibility index (Phi) is 5.25. The number of amides is 1. The van der Waals surface area contributed by atoms with Gasteiger partial charge in [0.2, 0.25) is 0 Å². The molecule has 1 saturated carbocycles. The lowest BCUT2D eigenvalue weighted by molar-refractivity contribution is 0.0475. The van der Waals surface area contributed by atoms with E-state index < -0.39 is 0 Å². The van der Waals surface area contributed by atoms with Crippen LogP contribution in [0.15, 0.2) is 48.8 Å². The molecule has 1 amide bonds. The van der Waals surface area contributed by atoms with Gasteiger partial charge in [-0.2, -0.15) is 5.10 Å². The fraction of sp³-hybridized carbons (Fsp3) is 0.458. The largest absolute Gasteiger partial charge is 0.333 e. The van der Waals surface area contributed by atoms with Gasteiger partial charge in [-0.25, -0.2) is 9.67 Å². The summed E-state index contributed by atoms with van der Waals surface area (Å²) in [5.41, 5.74) is 2.88. The molecule has 0 bridgehead atoms. The van der Waals surface area contributed by atoms with Gasteiger partial charge in [0.1, 0.15) is 0 Å². The molecule has 1 aliphatic carbocycles. The normalized spacial score (nSPS) is 20.8. The summed E-state index contributed by atoms with van der Waals surface area (Å²) in [6.45, 7) is 5.59. The predicted molar refractivity (Wildman–Crippen MR) is 117 cm³/mol. The summed E-state index contributed by atoms with van der Waals surface area (Å²) < 4.78 is 2.06. The van der Waals surface area contributed by atoms with Crippen molar-refractivity contribution in [2.24, 2.45) is 0 Å². The second kappa shape index (κ2) is 8.19. The van der Waals surface area contributed by atoms with Crippen molar-refractivity contribution in [2.45, 2.75) is 51.2 Å². The van der Waals surface area contributed by atoms with Crippen LogP contribution in [0.4, 0.5) is 0 Å². The fourth-order valence-corrected chi connectivity index (χ4v) is 4.96. The van der Waals surface area contributed by atoms with E-state index >= 15 is 0 Å². The van der Waals surface area contributed by atoms with E-state index in [2.05, 4.69) is 50.9 Å². The minimum atomic E-state index is 0.0740. The molecule has 6 nitrogen and oxygen atoms in total. The molecule has 5 rings (SSSR count). The summed E-state index contributed by atoms with van der Waals surface area (Å²) in [4.78, 5) is 22.3. The maximum atomic E-state index is 13.2. The van der Waals surface area contributed by atoms with Crippen molar-refractivity contribution < 1.29 is 4.79 Å². The SMILES string of the molecule is CC1CN(Cc2ccccc2)CCN1C(=O)c1cnc2c(cnn2C2CCCC2)c1. The van der Waals surface area contributed by atoms with Gasteiger partial charge in [0.25, 0.3) is 5.91 Å². The molecule has 1 atom stereocenters. The number of aromatic nitrogens is 3. The van der Waals surface area contributed by atoms with Crippen LogP contribution in [0.2, 0.25) is 0 Å². The van der Waals surface area contributed by atoms with E-state index in [4.69, 9.17) is 0 Å². The molecule has 6 heteroatoms. The first-order valence-corrected chi connectivity index (χ1v) is 11.1. The van der Waals surface area contributed by atoms with Crippen LogP contribution in [-0.2, 0) is 6.54 Å². The maximum absolute atomic E-state index is 13.2. The lowest BCUT2D eigenvalue weighted by Crippen LogP contribution is -2.53. The molecule has 0 radical (unpaired) electrons. The second-order valence-electron chi connectivity index (χ2n) is 8.73. The molecule has 2 aromatic heterocycles. The zero-order valence-corrected chi connectivity index (χ0v) is 17.6. The fourth-order valence-electron chi connectivity index (χ4n) is 4.96. The summed E-state index contributed by atoms with van der Waals surface area (Å²) >= 11 is 0. The topological polar surface area (TPSA) is 54.3 Å².